The monoisotopic (exact) mass is 501 g/mol. The van der Waals surface area contributed by atoms with Crippen molar-refractivity contribution in [1.82, 2.24) is 10.4 Å². The van der Waals surface area contributed by atoms with Crippen LogP contribution >= 0.6 is 31.9 Å². The first kappa shape index (κ1) is 19.9. The summed E-state index contributed by atoms with van der Waals surface area (Å²) in [7, 11) is 0. The number of benzene rings is 2. The number of carbonyl (C=O) groups excluding carboxylic acids is 2. The number of carbonyl (C=O) groups is 2. The summed E-state index contributed by atoms with van der Waals surface area (Å²) in [6, 6.07) is 15.4. The Hall–Kier alpha value is -2.84. The van der Waals surface area contributed by atoms with Gasteiger partial charge in [0.15, 0.2) is 0 Å². The van der Waals surface area contributed by atoms with E-state index in [1.807, 2.05) is 6.07 Å². The summed E-state index contributed by atoms with van der Waals surface area (Å²) in [6.45, 7) is 0. The van der Waals surface area contributed by atoms with Crippen LogP contribution in [0.15, 0.2) is 81.0 Å². The molecule has 0 saturated heterocycles. The fraction of sp³-hybridized carbons (Fsp3) is 0. The molecule has 1 aromatic heterocycles. The van der Waals surface area contributed by atoms with E-state index in [0.717, 1.165) is 5.56 Å². The standard InChI is InChI=1S/C20H13Br2N3O3/c21-15-9-14(11-23-12-15)19(26)25-24-10-13-5-7-16(8-6-13)28-20(27)17-3-1-2-4-18(17)22/h1-12H,(H,25,26)/b24-10-. The van der Waals surface area contributed by atoms with Crippen molar-refractivity contribution in [3.63, 3.8) is 0 Å². The van der Waals surface area contributed by atoms with Crippen LogP contribution in [0, 0.1) is 0 Å². The molecular formula is C20H13Br2N3O3. The molecular weight excluding hydrogens is 490 g/mol. The van der Waals surface area contributed by atoms with Crippen LogP contribution in [0.1, 0.15) is 26.3 Å². The Balaban J connectivity index is 1.58. The molecule has 0 aliphatic carbocycles. The molecule has 0 aliphatic heterocycles. The number of nitrogens with one attached hydrogen (secondary N) is 1. The molecule has 0 fully saturated rings. The molecule has 28 heavy (non-hydrogen) atoms. The van der Waals surface area contributed by atoms with Gasteiger partial charge in [0.2, 0.25) is 0 Å². The SMILES string of the molecule is O=C(N/N=C\c1ccc(OC(=O)c2ccccc2Br)cc1)c1cncc(Br)c1. The average molecular weight is 503 g/mol. The van der Waals surface area contributed by atoms with Crippen LogP contribution in [0.2, 0.25) is 0 Å². The largest absolute Gasteiger partial charge is 0.423 e. The fourth-order valence-electron chi connectivity index (χ4n) is 2.18. The molecule has 6 nitrogen and oxygen atoms in total. The number of rotatable bonds is 5. The molecule has 0 saturated carbocycles. The molecule has 0 unspecified atom stereocenters. The van der Waals surface area contributed by atoms with Crippen LogP contribution in [0.3, 0.4) is 0 Å². The van der Waals surface area contributed by atoms with Crippen molar-refractivity contribution in [2.24, 2.45) is 5.10 Å². The number of hydrazone groups is 1. The minimum absolute atomic E-state index is 0.371. The Morgan fingerprint density at radius 1 is 1.04 bits per heavy atom. The lowest BCUT2D eigenvalue weighted by atomic mass is 10.2. The second-order valence-corrected chi connectivity index (χ2v) is 7.30. The maximum Gasteiger partial charge on any atom is 0.344 e. The minimum atomic E-state index is -0.455. The van der Waals surface area contributed by atoms with Crippen molar-refractivity contribution in [3.05, 3.63) is 92.6 Å². The predicted octanol–water partition coefficient (Wildman–Crippen LogP) is 4.59. The minimum Gasteiger partial charge on any atom is -0.423 e. The lowest BCUT2D eigenvalue weighted by molar-refractivity contribution is 0.0733. The second-order valence-electron chi connectivity index (χ2n) is 5.53. The number of pyridine rings is 1. The van der Waals surface area contributed by atoms with Crippen LogP contribution in [0.5, 0.6) is 5.75 Å². The molecule has 3 aromatic rings. The molecule has 0 bridgehead atoms. The van der Waals surface area contributed by atoms with E-state index in [1.54, 1.807) is 54.7 Å². The third-order valence-corrected chi connectivity index (χ3v) is 4.66. The maximum absolute atomic E-state index is 12.2. The maximum atomic E-state index is 12.2. The molecule has 8 heteroatoms. The van der Waals surface area contributed by atoms with E-state index < -0.39 is 5.97 Å². The van der Waals surface area contributed by atoms with Gasteiger partial charge in [-0.25, -0.2) is 10.2 Å². The molecule has 1 N–H and O–H groups in total. The fourth-order valence-corrected chi connectivity index (χ4v) is 2.99. The van der Waals surface area contributed by atoms with Gasteiger partial charge in [0.05, 0.1) is 17.3 Å². The van der Waals surface area contributed by atoms with Crippen molar-refractivity contribution in [2.45, 2.75) is 0 Å². The van der Waals surface area contributed by atoms with Gasteiger partial charge in [-0.15, -0.1) is 0 Å². The van der Waals surface area contributed by atoms with Crippen molar-refractivity contribution in [3.8, 4) is 5.75 Å². The van der Waals surface area contributed by atoms with Crippen molar-refractivity contribution in [1.29, 1.82) is 0 Å². The Morgan fingerprint density at radius 2 is 1.79 bits per heavy atom. The molecule has 0 atom stereocenters. The molecule has 1 heterocycles. The highest BCUT2D eigenvalue weighted by molar-refractivity contribution is 9.10. The smallest absolute Gasteiger partial charge is 0.344 e. The molecule has 140 valence electrons. The van der Waals surface area contributed by atoms with Crippen LogP contribution in [0.25, 0.3) is 0 Å². The number of amides is 1. The first-order valence-electron chi connectivity index (χ1n) is 8.03. The lowest BCUT2D eigenvalue weighted by Crippen LogP contribution is -2.17. The van der Waals surface area contributed by atoms with E-state index in [1.165, 1.54) is 12.4 Å². The zero-order chi connectivity index (χ0) is 19.9. The Labute approximate surface area is 177 Å². The van der Waals surface area contributed by atoms with Gasteiger partial charge in [0, 0.05) is 21.3 Å². The van der Waals surface area contributed by atoms with Gasteiger partial charge in [0.1, 0.15) is 5.75 Å². The Kier molecular flexibility index (Phi) is 6.67. The highest BCUT2D eigenvalue weighted by Crippen LogP contribution is 2.19. The molecule has 0 spiro atoms. The van der Waals surface area contributed by atoms with Gasteiger partial charge < -0.3 is 4.74 Å². The van der Waals surface area contributed by atoms with Gasteiger partial charge in [0.25, 0.3) is 5.91 Å². The van der Waals surface area contributed by atoms with Gasteiger partial charge in [-0.3, -0.25) is 9.78 Å². The summed E-state index contributed by atoms with van der Waals surface area (Å²) in [5.74, 6) is -0.421. The molecule has 1 amide bonds. The number of hydrogen-bond acceptors (Lipinski definition) is 5. The summed E-state index contributed by atoms with van der Waals surface area (Å²) < 4.78 is 6.73. The highest BCUT2D eigenvalue weighted by atomic mass is 79.9. The van der Waals surface area contributed by atoms with Crippen molar-refractivity contribution in [2.75, 3.05) is 0 Å². The topological polar surface area (TPSA) is 80.6 Å². The van der Waals surface area contributed by atoms with Gasteiger partial charge in [-0.1, -0.05) is 12.1 Å². The lowest BCUT2D eigenvalue weighted by Gasteiger charge is -2.06. The van der Waals surface area contributed by atoms with E-state index >= 15 is 0 Å². The molecule has 0 aliphatic rings. The van der Waals surface area contributed by atoms with Gasteiger partial charge in [-0.05, 0) is 79.9 Å². The van der Waals surface area contributed by atoms with E-state index in [9.17, 15) is 9.59 Å². The van der Waals surface area contributed by atoms with Crippen molar-refractivity contribution >= 4 is 50.0 Å². The summed E-state index contributed by atoms with van der Waals surface area (Å²) >= 11 is 6.58. The number of halogens is 2. The van der Waals surface area contributed by atoms with Gasteiger partial charge in [-0.2, -0.15) is 5.10 Å². The molecule has 0 radical (unpaired) electrons. The van der Waals surface area contributed by atoms with Crippen LogP contribution in [0.4, 0.5) is 0 Å². The Morgan fingerprint density at radius 3 is 2.50 bits per heavy atom. The van der Waals surface area contributed by atoms with Crippen LogP contribution < -0.4 is 10.2 Å². The zero-order valence-corrected chi connectivity index (χ0v) is 17.5. The second kappa shape index (κ2) is 9.38. The summed E-state index contributed by atoms with van der Waals surface area (Å²) in [6.07, 6.45) is 4.53. The molecule has 2 aromatic carbocycles. The van der Waals surface area contributed by atoms with Gasteiger partial charge >= 0.3 is 5.97 Å². The number of nitrogens with zero attached hydrogens (tertiary/aromatic N) is 2. The molecule has 3 rings (SSSR count). The first-order chi connectivity index (χ1) is 13.5. The zero-order valence-electron chi connectivity index (χ0n) is 14.3. The van der Waals surface area contributed by atoms with Crippen LogP contribution in [-0.4, -0.2) is 23.1 Å². The third-order valence-electron chi connectivity index (χ3n) is 3.53. The number of hydrogen-bond donors (Lipinski definition) is 1. The highest BCUT2D eigenvalue weighted by Gasteiger charge is 2.11. The van der Waals surface area contributed by atoms with E-state index in [-0.39, 0.29) is 5.91 Å². The normalized spacial score (nSPS) is 10.6. The predicted molar refractivity (Wildman–Crippen MR) is 113 cm³/mol. The Bertz CT molecular complexity index is 1040. The van der Waals surface area contributed by atoms with E-state index in [4.69, 9.17) is 4.74 Å². The number of esters is 1. The summed E-state index contributed by atoms with van der Waals surface area (Å²) in [5.41, 5.74) is 3.99. The average Bonchev–Trinajstić information content (AvgIpc) is 2.69. The van der Waals surface area contributed by atoms with Crippen LogP contribution in [-0.2, 0) is 0 Å². The van der Waals surface area contributed by atoms with Crippen molar-refractivity contribution < 1.29 is 14.3 Å². The summed E-state index contributed by atoms with van der Waals surface area (Å²) in [4.78, 5) is 28.1. The summed E-state index contributed by atoms with van der Waals surface area (Å²) in [5, 5.41) is 3.92. The quantitative estimate of drug-likeness (QED) is 0.239. The third kappa shape index (κ3) is 5.34. The number of ether oxygens (including phenoxy) is 1. The first-order valence-corrected chi connectivity index (χ1v) is 9.62. The van der Waals surface area contributed by atoms with E-state index in [0.29, 0.717) is 25.8 Å². The van der Waals surface area contributed by atoms with E-state index in [2.05, 4.69) is 47.4 Å². The number of aromatic nitrogens is 1.